The number of nitrogens with zero attached hydrogens (tertiary/aromatic N) is 1. The number of hydrogen-bond donors (Lipinski definition) is 2. The Morgan fingerprint density at radius 2 is 1.82 bits per heavy atom. The van der Waals surface area contributed by atoms with Crippen molar-refractivity contribution in [3.8, 4) is 0 Å². The Balaban J connectivity index is 2.01. The van der Waals surface area contributed by atoms with Gasteiger partial charge in [0.1, 0.15) is 5.82 Å². The van der Waals surface area contributed by atoms with Crippen molar-refractivity contribution in [2.24, 2.45) is 0 Å². The minimum absolute atomic E-state index is 0.161. The van der Waals surface area contributed by atoms with E-state index in [2.05, 4.69) is 29.4 Å². The lowest BCUT2D eigenvalue weighted by molar-refractivity contribution is 0.485. The fourth-order valence-corrected chi connectivity index (χ4v) is 1.82. The van der Waals surface area contributed by atoms with E-state index in [4.69, 9.17) is 0 Å². The maximum atomic E-state index is 12.8. The van der Waals surface area contributed by atoms with E-state index >= 15 is 0 Å². The summed E-state index contributed by atoms with van der Waals surface area (Å²) in [6, 6.07) is 8.84. The molecule has 2 atom stereocenters. The first-order valence-corrected chi connectivity index (χ1v) is 5.67. The van der Waals surface area contributed by atoms with Crippen molar-refractivity contribution in [3.05, 3.63) is 53.6 Å². The van der Waals surface area contributed by atoms with Gasteiger partial charge in [0.05, 0.1) is 5.69 Å². The van der Waals surface area contributed by atoms with Crippen LogP contribution in [-0.4, -0.2) is 10.2 Å². The second kappa shape index (κ2) is 5.10. The largest absolute Gasteiger partial charge is 0.302 e. The van der Waals surface area contributed by atoms with Gasteiger partial charge >= 0.3 is 0 Å². The van der Waals surface area contributed by atoms with Crippen molar-refractivity contribution < 1.29 is 4.39 Å². The lowest BCUT2D eigenvalue weighted by atomic mass is 10.1. The molecule has 17 heavy (non-hydrogen) atoms. The normalized spacial score (nSPS) is 14.5. The van der Waals surface area contributed by atoms with Gasteiger partial charge in [-0.1, -0.05) is 12.1 Å². The summed E-state index contributed by atoms with van der Waals surface area (Å²) >= 11 is 0. The standard InChI is InChI=1S/C13H16FN3/c1-9(11-3-5-12(14)6-4-11)16-10(2)13-7-8-15-17-13/h3-10,16H,1-2H3,(H,15,17)/t9-,10?/m1/s1. The van der Waals surface area contributed by atoms with Gasteiger partial charge in [0.25, 0.3) is 0 Å². The molecule has 3 nitrogen and oxygen atoms in total. The van der Waals surface area contributed by atoms with Gasteiger partial charge in [0, 0.05) is 18.3 Å². The van der Waals surface area contributed by atoms with Crippen molar-refractivity contribution in [1.82, 2.24) is 15.5 Å². The Morgan fingerprint density at radius 3 is 2.41 bits per heavy atom. The molecule has 1 unspecified atom stereocenters. The predicted molar refractivity (Wildman–Crippen MR) is 65.0 cm³/mol. The third kappa shape index (κ3) is 2.91. The van der Waals surface area contributed by atoms with Crippen molar-refractivity contribution in [1.29, 1.82) is 0 Å². The van der Waals surface area contributed by atoms with Crippen LogP contribution in [-0.2, 0) is 0 Å². The number of aromatic nitrogens is 2. The minimum Gasteiger partial charge on any atom is -0.302 e. The molecule has 0 fully saturated rings. The second-order valence-corrected chi connectivity index (χ2v) is 4.17. The summed E-state index contributed by atoms with van der Waals surface area (Å²) in [7, 11) is 0. The van der Waals surface area contributed by atoms with Gasteiger partial charge < -0.3 is 5.32 Å². The van der Waals surface area contributed by atoms with E-state index in [9.17, 15) is 4.39 Å². The Kier molecular flexibility index (Phi) is 3.54. The molecular formula is C13H16FN3. The number of aromatic amines is 1. The number of hydrogen-bond acceptors (Lipinski definition) is 2. The summed E-state index contributed by atoms with van der Waals surface area (Å²) in [6.07, 6.45) is 1.73. The number of H-pyrrole nitrogens is 1. The Morgan fingerprint density at radius 1 is 1.12 bits per heavy atom. The minimum atomic E-state index is -0.206. The van der Waals surface area contributed by atoms with Crippen LogP contribution in [0.3, 0.4) is 0 Å². The van der Waals surface area contributed by atoms with Crippen LogP contribution in [0.1, 0.15) is 37.2 Å². The molecule has 4 heteroatoms. The number of halogens is 1. The molecule has 2 N–H and O–H groups in total. The number of rotatable bonds is 4. The second-order valence-electron chi connectivity index (χ2n) is 4.17. The monoisotopic (exact) mass is 233 g/mol. The highest BCUT2D eigenvalue weighted by Crippen LogP contribution is 2.18. The zero-order valence-corrected chi connectivity index (χ0v) is 9.94. The molecule has 0 amide bonds. The van der Waals surface area contributed by atoms with Crippen molar-refractivity contribution in [3.63, 3.8) is 0 Å². The first kappa shape index (κ1) is 11.8. The third-order valence-electron chi connectivity index (χ3n) is 2.86. The lowest BCUT2D eigenvalue weighted by Crippen LogP contribution is -2.22. The van der Waals surface area contributed by atoms with Crippen molar-refractivity contribution in [2.45, 2.75) is 25.9 Å². The number of benzene rings is 1. The van der Waals surface area contributed by atoms with E-state index in [0.29, 0.717) is 0 Å². The molecule has 1 heterocycles. The van der Waals surface area contributed by atoms with E-state index in [1.165, 1.54) is 12.1 Å². The van der Waals surface area contributed by atoms with Gasteiger partial charge in [-0.15, -0.1) is 0 Å². The topological polar surface area (TPSA) is 40.7 Å². The zero-order chi connectivity index (χ0) is 12.3. The van der Waals surface area contributed by atoms with Gasteiger partial charge in [0.15, 0.2) is 0 Å². The summed E-state index contributed by atoms with van der Waals surface area (Å²) in [5.74, 6) is -0.206. The lowest BCUT2D eigenvalue weighted by Gasteiger charge is -2.19. The van der Waals surface area contributed by atoms with Gasteiger partial charge in [-0.2, -0.15) is 5.10 Å². The molecule has 1 aromatic heterocycles. The van der Waals surface area contributed by atoms with Crippen LogP contribution >= 0.6 is 0 Å². The van der Waals surface area contributed by atoms with E-state index in [0.717, 1.165) is 11.3 Å². The summed E-state index contributed by atoms with van der Waals surface area (Å²) in [5, 5.41) is 10.3. The molecule has 0 saturated heterocycles. The highest BCUT2D eigenvalue weighted by molar-refractivity contribution is 5.19. The molecule has 0 spiro atoms. The van der Waals surface area contributed by atoms with Crippen molar-refractivity contribution in [2.75, 3.05) is 0 Å². The molecule has 0 aliphatic rings. The molecule has 2 aromatic rings. The highest BCUT2D eigenvalue weighted by atomic mass is 19.1. The predicted octanol–water partition coefficient (Wildman–Crippen LogP) is 2.96. The van der Waals surface area contributed by atoms with Crippen LogP contribution in [0.2, 0.25) is 0 Å². The van der Waals surface area contributed by atoms with Crippen LogP contribution < -0.4 is 5.32 Å². The summed E-state index contributed by atoms with van der Waals surface area (Å²) in [4.78, 5) is 0. The van der Waals surface area contributed by atoms with Crippen LogP contribution in [0, 0.1) is 5.82 Å². The van der Waals surface area contributed by atoms with Gasteiger partial charge in [0.2, 0.25) is 0 Å². The van der Waals surface area contributed by atoms with Gasteiger partial charge in [-0.25, -0.2) is 4.39 Å². The summed E-state index contributed by atoms with van der Waals surface area (Å²) < 4.78 is 12.8. The Bertz CT molecular complexity index is 450. The van der Waals surface area contributed by atoms with Crippen molar-refractivity contribution >= 4 is 0 Å². The molecule has 90 valence electrons. The fourth-order valence-electron chi connectivity index (χ4n) is 1.82. The third-order valence-corrected chi connectivity index (χ3v) is 2.86. The molecule has 0 bridgehead atoms. The molecule has 2 rings (SSSR count). The zero-order valence-electron chi connectivity index (χ0n) is 9.94. The van der Waals surface area contributed by atoms with Crippen LogP contribution in [0.25, 0.3) is 0 Å². The SMILES string of the molecule is CC(N[C@H](C)c1ccc(F)cc1)c1ccn[nH]1. The molecular weight excluding hydrogens is 217 g/mol. The average Bonchev–Trinajstić information content (AvgIpc) is 2.83. The summed E-state index contributed by atoms with van der Waals surface area (Å²) in [6.45, 7) is 4.12. The molecule has 0 aliphatic carbocycles. The molecule has 0 saturated carbocycles. The molecule has 1 aromatic carbocycles. The quantitative estimate of drug-likeness (QED) is 0.852. The van der Waals surface area contributed by atoms with E-state index in [1.807, 2.05) is 6.07 Å². The van der Waals surface area contributed by atoms with E-state index in [1.54, 1.807) is 18.3 Å². The molecule has 0 radical (unpaired) electrons. The van der Waals surface area contributed by atoms with Crippen LogP contribution in [0.5, 0.6) is 0 Å². The number of nitrogens with one attached hydrogen (secondary N) is 2. The van der Waals surface area contributed by atoms with Crippen LogP contribution in [0.4, 0.5) is 4.39 Å². The Labute approximate surface area is 100 Å². The van der Waals surface area contributed by atoms with Gasteiger partial charge in [-0.05, 0) is 37.6 Å². The first-order chi connectivity index (χ1) is 8.16. The van der Waals surface area contributed by atoms with Gasteiger partial charge in [-0.3, -0.25) is 5.10 Å². The van der Waals surface area contributed by atoms with Crippen LogP contribution in [0.15, 0.2) is 36.5 Å². The highest BCUT2D eigenvalue weighted by Gasteiger charge is 2.11. The smallest absolute Gasteiger partial charge is 0.123 e. The Hall–Kier alpha value is -1.68. The summed E-state index contributed by atoms with van der Waals surface area (Å²) in [5.41, 5.74) is 2.11. The maximum absolute atomic E-state index is 12.8. The fraction of sp³-hybridized carbons (Fsp3) is 0.308. The first-order valence-electron chi connectivity index (χ1n) is 5.67. The van der Waals surface area contributed by atoms with E-state index in [-0.39, 0.29) is 17.9 Å². The maximum Gasteiger partial charge on any atom is 0.123 e. The molecule has 0 aliphatic heterocycles. The average molecular weight is 233 g/mol. The van der Waals surface area contributed by atoms with E-state index < -0.39 is 0 Å².